The Bertz CT molecular complexity index is 447. The summed E-state index contributed by atoms with van der Waals surface area (Å²) in [6, 6.07) is 3.18. The van der Waals surface area contributed by atoms with E-state index >= 15 is 0 Å². The molecule has 1 atom stereocenters. The maximum atomic E-state index is 11.6. The van der Waals surface area contributed by atoms with E-state index in [9.17, 15) is 9.90 Å². The van der Waals surface area contributed by atoms with E-state index in [2.05, 4.69) is 11.9 Å². The molecule has 0 saturated carbocycles. The van der Waals surface area contributed by atoms with Gasteiger partial charge < -0.3 is 26.0 Å². The molecule has 6 heteroatoms. The molecule has 1 heterocycles. The summed E-state index contributed by atoms with van der Waals surface area (Å²) in [6.45, 7) is 3.02. The minimum atomic E-state index is -0.330. The van der Waals surface area contributed by atoms with Gasteiger partial charge in [0, 0.05) is 25.3 Å². The molecule has 0 aromatic carbocycles. The molecular formula is C14H26N4O2. The van der Waals surface area contributed by atoms with Crippen LogP contribution >= 0.6 is 0 Å². The van der Waals surface area contributed by atoms with Gasteiger partial charge in [-0.25, -0.2) is 0 Å². The number of aryl methyl sites for hydroxylation is 1. The molecule has 1 rings (SSSR count). The van der Waals surface area contributed by atoms with Crippen molar-refractivity contribution < 1.29 is 5.11 Å². The SMILES string of the molecule is CN(CCCC(N)CN)CCCn1cccc(O)c1=O. The molecule has 0 aliphatic heterocycles. The van der Waals surface area contributed by atoms with E-state index in [0.717, 1.165) is 32.4 Å². The van der Waals surface area contributed by atoms with Crippen molar-refractivity contribution >= 4 is 0 Å². The molecule has 6 nitrogen and oxygen atoms in total. The van der Waals surface area contributed by atoms with Crippen molar-refractivity contribution in [3.8, 4) is 5.75 Å². The van der Waals surface area contributed by atoms with E-state index in [1.54, 1.807) is 12.3 Å². The second kappa shape index (κ2) is 8.73. The quantitative estimate of drug-likeness (QED) is 0.589. The topological polar surface area (TPSA) is 97.5 Å². The molecule has 0 fully saturated rings. The van der Waals surface area contributed by atoms with Gasteiger partial charge in [0.25, 0.3) is 5.56 Å². The number of nitrogens with two attached hydrogens (primary N) is 2. The zero-order valence-electron chi connectivity index (χ0n) is 12.2. The Labute approximate surface area is 120 Å². The van der Waals surface area contributed by atoms with Crippen LogP contribution in [0.5, 0.6) is 5.75 Å². The van der Waals surface area contributed by atoms with Gasteiger partial charge in [-0.3, -0.25) is 4.79 Å². The Morgan fingerprint density at radius 2 is 2.10 bits per heavy atom. The zero-order valence-corrected chi connectivity index (χ0v) is 12.2. The molecule has 1 unspecified atom stereocenters. The molecule has 5 N–H and O–H groups in total. The Hall–Kier alpha value is -1.37. The van der Waals surface area contributed by atoms with Crippen LogP contribution in [0.3, 0.4) is 0 Å². The van der Waals surface area contributed by atoms with Gasteiger partial charge in [0.05, 0.1) is 0 Å². The van der Waals surface area contributed by atoms with Crippen LogP contribution in [-0.2, 0) is 6.54 Å². The molecule has 0 amide bonds. The van der Waals surface area contributed by atoms with Crippen LogP contribution in [-0.4, -0.2) is 47.3 Å². The van der Waals surface area contributed by atoms with Gasteiger partial charge in [0.2, 0.25) is 0 Å². The van der Waals surface area contributed by atoms with Gasteiger partial charge in [0.1, 0.15) is 0 Å². The lowest BCUT2D eigenvalue weighted by Gasteiger charge is -2.17. The number of hydrogen-bond donors (Lipinski definition) is 3. The summed E-state index contributed by atoms with van der Waals surface area (Å²) >= 11 is 0. The molecule has 0 spiro atoms. The molecule has 1 aromatic heterocycles. The summed E-state index contributed by atoms with van der Waals surface area (Å²) in [4.78, 5) is 13.8. The van der Waals surface area contributed by atoms with Crippen molar-refractivity contribution in [2.24, 2.45) is 11.5 Å². The smallest absolute Gasteiger partial charge is 0.292 e. The first-order valence-corrected chi connectivity index (χ1v) is 7.07. The van der Waals surface area contributed by atoms with E-state index in [1.165, 1.54) is 10.6 Å². The van der Waals surface area contributed by atoms with Gasteiger partial charge in [-0.15, -0.1) is 0 Å². The predicted octanol–water partition coefficient (Wildman–Crippen LogP) is -0.0580. The first kappa shape index (κ1) is 16.7. The second-order valence-corrected chi connectivity index (χ2v) is 5.19. The largest absolute Gasteiger partial charge is 0.503 e. The van der Waals surface area contributed by atoms with Crippen LogP contribution < -0.4 is 17.0 Å². The van der Waals surface area contributed by atoms with Crippen LogP contribution in [0.15, 0.2) is 23.1 Å². The van der Waals surface area contributed by atoms with E-state index in [4.69, 9.17) is 11.5 Å². The van der Waals surface area contributed by atoms with Crippen LogP contribution in [0.25, 0.3) is 0 Å². The molecule has 0 bridgehead atoms. The Morgan fingerprint density at radius 1 is 1.40 bits per heavy atom. The van der Waals surface area contributed by atoms with E-state index in [0.29, 0.717) is 13.1 Å². The highest BCUT2D eigenvalue weighted by molar-refractivity contribution is 5.14. The first-order valence-electron chi connectivity index (χ1n) is 7.07. The molecule has 0 aliphatic carbocycles. The zero-order chi connectivity index (χ0) is 15.0. The van der Waals surface area contributed by atoms with Crippen molar-refractivity contribution in [2.45, 2.75) is 31.8 Å². The van der Waals surface area contributed by atoms with Crippen LogP contribution in [0, 0.1) is 0 Å². The molecule has 0 aliphatic rings. The summed E-state index contributed by atoms with van der Waals surface area (Å²) in [5.41, 5.74) is 10.9. The number of pyridine rings is 1. The minimum absolute atomic E-state index is 0.0919. The van der Waals surface area contributed by atoms with Crippen molar-refractivity contribution in [1.82, 2.24) is 9.47 Å². The summed E-state index contributed by atoms with van der Waals surface area (Å²) in [7, 11) is 2.05. The van der Waals surface area contributed by atoms with Gasteiger partial charge in [-0.05, 0) is 51.5 Å². The molecule has 0 saturated heterocycles. The third-order valence-corrected chi connectivity index (χ3v) is 3.36. The number of nitrogens with zero attached hydrogens (tertiary/aromatic N) is 2. The molecule has 1 aromatic rings. The fourth-order valence-corrected chi connectivity index (χ4v) is 2.06. The maximum Gasteiger partial charge on any atom is 0.292 e. The van der Waals surface area contributed by atoms with E-state index in [-0.39, 0.29) is 17.4 Å². The monoisotopic (exact) mass is 282 g/mol. The average Bonchev–Trinajstić information content (AvgIpc) is 2.43. The summed E-state index contributed by atoms with van der Waals surface area (Å²) in [5.74, 6) is -0.198. The third-order valence-electron chi connectivity index (χ3n) is 3.36. The van der Waals surface area contributed by atoms with Gasteiger partial charge in [0.15, 0.2) is 5.75 Å². The molecule has 20 heavy (non-hydrogen) atoms. The summed E-state index contributed by atoms with van der Waals surface area (Å²) < 4.78 is 1.54. The van der Waals surface area contributed by atoms with Gasteiger partial charge in [-0.2, -0.15) is 0 Å². The Kier molecular flexibility index (Phi) is 7.28. The van der Waals surface area contributed by atoms with E-state index < -0.39 is 0 Å². The minimum Gasteiger partial charge on any atom is -0.503 e. The first-order chi connectivity index (χ1) is 9.54. The van der Waals surface area contributed by atoms with E-state index in [1.807, 2.05) is 0 Å². The maximum absolute atomic E-state index is 11.6. The average molecular weight is 282 g/mol. The molecule has 0 radical (unpaired) electrons. The van der Waals surface area contributed by atoms with Crippen LogP contribution in [0.1, 0.15) is 19.3 Å². The lowest BCUT2D eigenvalue weighted by Crippen LogP contribution is -2.31. The predicted molar refractivity (Wildman–Crippen MR) is 80.7 cm³/mol. The second-order valence-electron chi connectivity index (χ2n) is 5.19. The fraction of sp³-hybridized carbons (Fsp3) is 0.643. The van der Waals surface area contributed by atoms with Crippen molar-refractivity contribution in [2.75, 3.05) is 26.7 Å². The number of aromatic nitrogens is 1. The standard InChI is InChI=1S/C14H26N4O2/c1-17(7-2-5-12(16)11-15)8-4-10-18-9-3-6-13(19)14(18)20/h3,6,9,12,19H,2,4-5,7-8,10-11,15-16H2,1H3. The van der Waals surface area contributed by atoms with Crippen molar-refractivity contribution in [3.63, 3.8) is 0 Å². The summed E-state index contributed by atoms with van der Waals surface area (Å²) in [5, 5.41) is 9.33. The Morgan fingerprint density at radius 3 is 2.80 bits per heavy atom. The molecule has 114 valence electrons. The highest BCUT2D eigenvalue weighted by Gasteiger charge is 2.04. The highest BCUT2D eigenvalue weighted by Crippen LogP contribution is 2.00. The number of aromatic hydroxyl groups is 1. The highest BCUT2D eigenvalue weighted by atomic mass is 16.3. The van der Waals surface area contributed by atoms with Gasteiger partial charge >= 0.3 is 0 Å². The number of rotatable bonds is 9. The lowest BCUT2D eigenvalue weighted by atomic mass is 10.1. The van der Waals surface area contributed by atoms with Gasteiger partial charge in [-0.1, -0.05) is 0 Å². The van der Waals surface area contributed by atoms with Crippen LogP contribution in [0.4, 0.5) is 0 Å². The Balaban J connectivity index is 2.23. The summed E-state index contributed by atoms with van der Waals surface area (Å²) in [6.07, 6.45) is 4.53. The lowest BCUT2D eigenvalue weighted by molar-refractivity contribution is 0.309. The van der Waals surface area contributed by atoms with Crippen molar-refractivity contribution in [3.05, 3.63) is 28.7 Å². The molecular weight excluding hydrogens is 256 g/mol. The normalized spacial score (nSPS) is 12.8. The fourth-order valence-electron chi connectivity index (χ4n) is 2.06. The van der Waals surface area contributed by atoms with Crippen LogP contribution in [0.2, 0.25) is 0 Å². The van der Waals surface area contributed by atoms with Crippen molar-refractivity contribution in [1.29, 1.82) is 0 Å². The third kappa shape index (κ3) is 5.73. The number of hydrogen-bond acceptors (Lipinski definition) is 5.